The lowest BCUT2D eigenvalue weighted by molar-refractivity contribution is 0.112. The summed E-state index contributed by atoms with van der Waals surface area (Å²) in [5, 5.41) is 0.606. The first-order valence-electron chi connectivity index (χ1n) is 6.15. The third-order valence-corrected chi connectivity index (χ3v) is 4.01. The third-order valence-electron chi connectivity index (χ3n) is 3.77. The van der Waals surface area contributed by atoms with Gasteiger partial charge in [-0.2, -0.15) is 0 Å². The zero-order chi connectivity index (χ0) is 13.3. The minimum absolute atomic E-state index is 0.109. The molecule has 1 aromatic carbocycles. The van der Waals surface area contributed by atoms with E-state index in [0.29, 0.717) is 10.6 Å². The maximum absolute atomic E-state index is 11.2. The van der Waals surface area contributed by atoms with E-state index in [0.717, 1.165) is 31.6 Å². The summed E-state index contributed by atoms with van der Waals surface area (Å²) in [5.41, 5.74) is 1.76. The van der Waals surface area contributed by atoms with Crippen LogP contribution in [0.4, 0.5) is 5.69 Å². The summed E-state index contributed by atoms with van der Waals surface area (Å²) >= 11 is 5.93. The quantitative estimate of drug-likeness (QED) is 0.769. The number of piperazine rings is 1. The first kappa shape index (κ1) is 13.4. The summed E-state index contributed by atoms with van der Waals surface area (Å²) in [6, 6.07) is 5.51. The number of benzene rings is 1. The number of aldehydes is 1. The van der Waals surface area contributed by atoms with Gasteiger partial charge in [-0.3, -0.25) is 9.69 Å². The molecule has 1 heterocycles. The molecule has 3 nitrogen and oxygen atoms in total. The van der Waals surface area contributed by atoms with E-state index in [9.17, 15) is 4.79 Å². The molecule has 0 aromatic heterocycles. The van der Waals surface area contributed by atoms with Crippen LogP contribution in [0.5, 0.6) is 0 Å². The second-order valence-electron chi connectivity index (χ2n) is 5.48. The summed E-state index contributed by atoms with van der Waals surface area (Å²) in [6.45, 7) is 7.27. The second kappa shape index (κ2) is 4.90. The van der Waals surface area contributed by atoms with Crippen molar-refractivity contribution in [3.8, 4) is 0 Å². The average Bonchev–Trinajstić information content (AvgIpc) is 2.32. The smallest absolute Gasteiger partial charge is 0.152 e. The molecule has 0 saturated carbocycles. The van der Waals surface area contributed by atoms with Crippen LogP contribution < -0.4 is 4.90 Å². The highest BCUT2D eigenvalue weighted by Gasteiger charge is 2.31. The molecule has 0 unspecified atom stereocenters. The Morgan fingerprint density at radius 1 is 1.33 bits per heavy atom. The molecular formula is C14H19ClN2O. The Morgan fingerprint density at radius 2 is 2.06 bits per heavy atom. The topological polar surface area (TPSA) is 23.6 Å². The standard InChI is InChI=1S/C14H19ClN2O/c1-14(2)10-17(7-6-16(14)3)13-5-4-12(15)8-11(13)9-18/h4-5,8-9H,6-7,10H2,1-3H3. The number of hydrogen-bond donors (Lipinski definition) is 0. The number of halogens is 1. The molecule has 1 aromatic rings. The summed E-state index contributed by atoms with van der Waals surface area (Å²) in [5.74, 6) is 0. The van der Waals surface area contributed by atoms with Gasteiger partial charge in [0.05, 0.1) is 0 Å². The van der Waals surface area contributed by atoms with Crippen molar-refractivity contribution < 1.29 is 4.79 Å². The van der Waals surface area contributed by atoms with Crippen LogP contribution in [0.15, 0.2) is 18.2 Å². The molecule has 0 amide bonds. The largest absolute Gasteiger partial charge is 0.368 e. The van der Waals surface area contributed by atoms with Gasteiger partial charge in [0.25, 0.3) is 0 Å². The fraction of sp³-hybridized carbons (Fsp3) is 0.500. The van der Waals surface area contributed by atoms with E-state index in [1.165, 1.54) is 0 Å². The van der Waals surface area contributed by atoms with E-state index in [1.54, 1.807) is 6.07 Å². The van der Waals surface area contributed by atoms with Gasteiger partial charge in [-0.15, -0.1) is 0 Å². The predicted octanol–water partition coefficient (Wildman–Crippen LogP) is 2.68. The summed E-state index contributed by atoms with van der Waals surface area (Å²) in [6.07, 6.45) is 0.881. The van der Waals surface area contributed by atoms with Crippen LogP contribution in [0.2, 0.25) is 5.02 Å². The molecule has 0 radical (unpaired) electrons. The molecule has 1 saturated heterocycles. The number of rotatable bonds is 2. The minimum Gasteiger partial charge on any atom is -0.368 e. The average molecular weight is 267 g/mol. The van der Waals surface area contributed by atoms with Crippen molar-refractivity contribution in [1.29, 1.82) is 0 Å². The molecule has 98 valence electrons. The minimum atomic E-state index is 0.109. The monoisotopic (exact) mass is 266 g/mol. The van der Waals surface area contributed by atoms with E-state index in [2.05, 4.69) is 30.7 Å². The van der Waals surface area contributed by atoms with Crippen molar-refractivity contribution in [3.05, 3.63) is 28.8 Å². The zero-order valence-corrected chi connectivity index (χ0v) is 11.9. The van der Waals surface area contributed by atoms with Gasteiger partial charge in [0.2, 0.25) is 0 Å². The number of anilines is 1. The van der Waals surface area contributed by atoms with E-state index >= 15 is 0 Å². The van der Waals surface area contributed by atoms with Gasteiger partial charge < -0.3 is 4.90 Å². The Hall–Kier alpha value is -1.06. The van der Waals surface area contributed by atoms with E-state index < -0.39 is 0 Å². The lowest BCUT2D eigenvalue weighted by Crippen LogP contribution is -2.57. The first-order valence-corrected chi connectivity index (χ1v) is 6.53. The van der Waals surface area contributed by atoms with Crippen LogP contribution in [0.1, 0.15) is 24.2 Å². The molecular weight excluding hydrogens is 248 g/mol. The Balaban J connectivity index is 2.30. The molecule has 1 fully saturated rings. The zero-order valence-electron chi connectivity index (χ0n) is 11.1. The highest BCUT2D eigenvalue weighted by atomic mass is 35.5. The maximum Gasteiger partial charge on any atom is 0.152 e. The van der Waals surface area contributed by atoms with E-state index in [4.69, 9.17) is 11.6 Å². The lowest BCUT2D eigenvalue weighted by Gasteiger charge is -2.46. The van der Waals surface area contributed by atoms with Crippen molar-refractivity contribution >= 4 is 23.6 Å². The van der Waals surface area contributed by atoms with Crippen LogP contribution in [0.25, 0.3) is 0 Å². The summed E-state index contributed by atoms with van der Waals surface area (Å²) in [4.78, 5) is 15.8. The SMILES string of the molecule is CN1CCN(c2ccc(Cl)cc2C=O)CC1(C)C. The highest BCUT2D eigenvalue weighted by molar-refractivity contribution is 6.31. The molecule has 0 aliphatic carbocycles. The van der Waals surface area contributed by atoms with Crippen LogP contribution >= 0.6 is 11.6 Å². The number of hydrogen-bond acceptors (Lipinski definition) is 3. The predicted molar refractivity (Wildman–Crippen MR) is 75.8 cm³/mol. The van der Waals surface area contributed by atoms with Gasteiger partial charge in [0, 0.05) is 41.4 Å². The van der Waals surface area contributed by atoms with Gasteiger partial charge in [0.1, 0.15) is 0 Å². The van der Waals surface area contributed by atoms with Gasteiger partial charge in [-0.05, 0) is 39.1 Å². The van der Waals surface area contributed by atoms with Gasteiger partial charge in [-0.1, -0.05) is 11.6 Å². The molecule has 18 heavy (non-hydrogen) atoms. The molecule has 1 aliphatic heterocycles. The number of carbonyl (C=O) groups is 1. The summed E-state index contributed by atoms with van der Waals surface area (Å²) < 4.78 is 0. The van der Waals surface area contributed by atoms with Crippen molar-refractivity contribution in [2.75, 3.05) is 31.6 Å². The third kappa shape index (κ3) is 2.52. The summed E-state index contributed by atoms with van der Waals surface area (Å²) in [7, 11) is 2.14. The van der Waals surface area contributed by atoms with Crippen molar-refractivity contribution in [2.45, 2.75) is 19.4 Å². The van der Waals surface area contributed by atoms with E-state index in [-0.39, 0.29) is 5.54 Å². The Labute approximate surface area is 113 Å². The molecule has 0 N–H and O–H groups in total. The van der Waals surface area contributed by atoms with Gasteiger partial charge in [0.15, 0.2) is 6.29 Å². The van der Waals surface area contributed by atoms with Crippen molar-refractivity contribution in [2.24, 2.45) is 0 Å². The number of carbonyl (C=O) groups excluding carboxylic acids is 1. The first-order chi connectivity index (χ1) is 8.44. The van der Waals surface area contributed by atoms with Crippen LogP contribution in [-0.2, 0) is 0 Å². The fourth-order valence-electron chi connectivity index (χ4n) is 2.35. The Kier molecular flexibility index (Phi) is 3.64. The van der Waals surface area contributed by atoms with Crippen LogP contribution in [-0.4, -0.2) is 43.4 Å². The fourth-order valence-corrected chi connectivity index (χ4v) is 2.53. The second-order valence-corrected chi connectivity index (χ2v) is 5.91. The van der Waals surface area contributed by atoms with Gasteiger partial charge in [-0.25, -0.2) is 0 Å². The normalized spacial score (nSPS) is 19.9. The van der Waals surface area contributed by atoms with Crippen LogP contribution in [0.3, 0.4) is 0 Å². The van der Waals surface area contributed by atoms with E-state index in [1.807, 2.05) is 12.1 Å². The molecule has 0 spiro atoms. The maximum atomic E-state index is 11.2. The Bertz CT molecular complexity index is 459. The lowest BCUT2D eigenvalue weighted by atomic mass is 9.98. The van der Waals surface area contributed by atoms with Crippen molar-refractivity contribution in [1.82, 2.24) is 4.90 Å². The molecule has 4 heteroatoms. The molecule has 0 bridgehead atoms. The molecule has 1 aliphatic rings. The van der Waals surface area contributed by atoms with Crippen molar-refractivity contribution in [3.63, 3.8) is 0 Å². The van der Waals surface area contributed by atoms with Crippen LogP contribution in [0, 0.1) is 0 Å². The molecule has 2 rings (SSSR count). The molecule has 0 atom stereocenters. The highest BCUT2D eigenvalue weighted by Crippen LogP contribution is 2.28. The Morgan fingerprint density at radius 3 is 2.67 bits per heavy atom. The number of likely N-dealkylation sites (N-methyl/N-ethyl adjacent to an activating group) is 1. The number of nitrogens with zero attached hydrogens (tertiary/aromatic N) is 2. The van der Waals surface area contributed by atoms with Gasteiger partial charge >= 0.3 is 0 Å².